The van der Waals surface area contributed by atoms with Crippen LogP contribution in [0.3, 0.4) is 0 Å². The summed E-state index contributed by atoms with van der Waals surface area (Å²) in [6.07, 6.45) is 1.78. The maximum Gasteiger partial charge on any atom is 0.325 e. The van der Waals surface area contributed by atoms with E-state index in [9.17, 15) is 19.6 Å². The van der Waals surface area contributed by atoms with Crippen molar-refractivity contribution in [1.29, 1.82) is 5.26 Å². The van der Waals surface area contributed by atoms with Gasteiger partial charge in [-0.25, -0.2) is 0 Å². The Bertz CT molecular complexity index is 739. The van der Waals surface area contributed by atoms with Crippen molar-refractivity contribution in [3.05, 3.63) is 29.8 Å². The minimum atomic E-state index is -0.943. The number of nitriles is 1. The Labute approximate surface area is 151 Å². The molecule has 1 aliphatic rings. The van der Waals surface area contributed by atoms with Crippen LogP contribution in [-0.2, 0) is 14.3 Å². The second-order valence-corrected chi connectivity index (χ2v) is 6.18. The highest BCUT2D eigenvalue weighted by molar-refractivity contribution is 5.98. The monoisotopic (exact) mass is 359 g/mol. The molecule has 0 bridgehead atoms. The van der Waals surface area contributed by atoms with E-state index in [1.807, 2.05) is 0 Å². The first kappa shape index (κ1) is 19.2. The third kappa shape index (κ3) is 4.96. The zero-order chi connectivity index (χ0) is 19.2. The number of methoxy groups -OCH3 is 1. The number of amides is 2. The molecule has 0 aliphatic heterocycles. The highest BCUT2D eigenvalue weighted by atomic mass is 16.5. The average molecular weight is 359 g/mol. The SMILES string of the molecule is COc1ccccc1C(=O)NCC(=O)OCC(=O)N[C@](C)(C#N)C1CC1. The van der Waals surface area contributed by atoms with Gasteiger partial charge < -0.3 is 20.1 Å². The van der Waals surface area contributed by atoms with Gasteiger partial charge in [0.1, 0.15) is 17.8 Å². The van der Waals surface area contributed by atoms with Gasteiger partial charge in [0.05, 0.1) is 18.7 Å². The van der Waals surface area contributed by atoms with Crippen LogP contribution >= 0.6 is 0 Å². The molecule has 2 N–H and O–H groups in total. The van der Waals surface area contributed by atoms with Gasteiger partial charge in [-0.2, -0.15) is 5.26 Å². The van der Waals surface area contributed by atoms with E-state index < -0.39 is 29.9 Å². The fourth-order valence-corrected chi connectivity index (χ4v) is 2.48. The Hall–Kier alpha value is -3.08. The third-order valence-corrected chi connectivity index (χ3v) is 4.13. The first-order chi connectivity index (χ1) is 12.4. The van der Waals surface area contributed by atoms with Crippen LogP contribution in [0.5, 0.6) is 5.75 Å². The number of hydrogen-bond acceptors (Lipinski definition) is 6. The van der Waals surface area contributed by atoms with Crippen LogP contribution in [0.15, 0.2) is 24.3 Å². The van der Waals surface area contributed by atoms with Gasteiger partial charge in [0, 0.05) is 0 Å². The maximum absolute atomic E-state index is 12.1. The molecule has 1 aromatic rings. The first-order valence-corrected chi connectivity index (χ1v) is 8.18. The number of benzene rings is 1. The second kappa shape index (κ2) is 8.34. The minimum Gasteiger partial charge on any atom is -0.496 e. The van der Waals surface area contributed by atoms with Crippen molar-refractivity contribution in [2.24, 2.45) is 5.92 Å². The predicted molar refractivity (Wildman–Crippen MR) is 91.2 cm³/mol. The summed E-state index contributed by atoms with van der Waals surface area (Å²) in [4.78, 5) is 35.6. The van der Waals surface area contributed by atoms with Gasteiger partial charge in [-0.1, -0.05) is 12.1 Å². The Kier molecular flexibility index (Phi) is 6.17. The summed E-state index contributed by atoms with van der Waals surface area (Å²) < 4.78 is 9.91. The summed E-state index contributed by atoms with van der Waals surface area (Å²) in [5.41, 5.74) is -0.656. The van der Waals surface area contributed by atoms with E-state index in [-0.39, 0.29) is 18.0 Å². The Morgan fingerprint density at radius 1 is 1.31 bits per heavy atom. The van der Waals surface area contributed by atoms with Gasteiger partial charge in [0.25, 0.3) is 11.8 Å². The van der Waals surface area contributed by atoms with Gasteiger partial charge >= 0.3 is 5.97 Å². The molecule has 2 amide bonds. The number of para-hydroxylation sites is 1. The van der Waals surface area contributed by atoms with Crippen molar-refractivity contribution in [3.8, 4) is 11.8 Å². The first-order valence-electron chi connectivity index (χ1n) is 8.18. The van der Waals surface area contributed by atoms with Crippen molar-refractivity contribution in [3.63, 3.8) is 0 Å². The summed E-state index contributed by atoms with van der Waals surface area (Å²) in [5.74, 6) is -1.28. The molecule has 0 unspecified atom stereocenters. The molecule has 0 aromatic heterocycles. The molecule has 0 radical (unpaired) electrons. The fraction of sp³-hybridized carbons (Fsp3) is 0.444. The summed E-state index contributed by atoms with van der Waals surface area (Å²) >= 11 is 0. The highest BCUT2D eigenvalue weighted by Crippen LogP contribution is 2.39. The van der Waals surface area contributed by atoms with E-state index in [0.717, 1.165) is 12.8 Å². The molecule has 1 aromatic carbocycles. The summed E-state index contributed by atoms with van der Waals surface area (Å²) in [5, 5.41) is 14.2. The number of carbonyl (C=O) groups excluding carboxylic acids is 3. The van der Waals surface area contributed by atoms with Crippen LogP contribution in [0.2, 0.25) is 0 Å². The highest BCUT2D eigenvalue weighted by Gasteiger charge is 2.43. The normalized spacial score (nSPS) is 15.1. The minimum absolute atomic E-state index is 0.132. The van der Waals surface area contributed by atoms with Crippen LogP contribution in [-0.4, -0.2) is 43.6 Å². The molecule has 1 aliphatic carbocycles. The van der Waals surface area contributed by atoms with Gasteiger partial charge in [0.15, 0.2) is 6.61 Å². The number of hydrogen-bond donors (Lipinski definition) is 2. The average Bonchev–Trinajstić information content (AvgIpc) is 3.50. The van der Waals surface area contributed by atoms with E-state index in [1.54, 1.807) is 31.2 Å². The number of carbonyl (C=O) groups is 3. The quantitative estimate of drug-likeness (QED) is 0.662. The molecule has 0 saturated heterocycles. The van der Waals surface area contributed by atoms with Gasteiger partial charge in [-0.05, 0) is 37.8 Å². The fourth-order valence-electron chi connectivity index (χ4n) is 2.48. The van der Waals surface area contributed by atoms with Crippen molar-refractivity contribution in [2.45, 2.75) is 25.3 Å². The number of nitrogens with zero attached hydrogens (tertiary/aromatic N) is 1. The second-order valence-electron chi connectivity index (χ2n) is 6.18. The van der Waals surface area contributed by atoms with Crippen LogP contribution < -0.4 is 15.4 Å². The zero-order valence-corrected chi connectivity index (χ0v) is 14.7. The lowest BCUT2D eigenvalue weighted by molar-refractivity contribution is -0.147. The molecular formula is C18H21N3O5. The molecule has 138 valence electrons. The van der Waals surface area contributed by atoms with Gasteiger partial charge in [0.2, 0.25) is 0 Å². The topological polar surface area (TPSA) is 118 Å². The zero-order valence-electron chi connectivity index (χ0n) is 14.7. The molecule has 1 saturated carbocycles. The van der Waals surface area contributed by atoms with E-state index >= 15 is 0 Å². The van der Waals surface area contributed by atoms with Crippen LogP contribution in [0.1, 0.15) is 30.1 Å². The molecular weight excluding hydrogens is 338 g/mol. The smallest absolute Gasteiger partial charge is 0.325 e. The number of esters is 1. The Morgan fingerprint density at radius 2 is 2.00 bits per heavy atom. The maximum atomic E-state index is 12.1. The molecule has 26 heavy (non-hydrogen) atoms. The molecule has 1 fully saturated rings. The summed E-state index contributed by atoms with van der Waals surface area (Å²) in [6.45, 7) is 0.757. The molecule has 2 rings (SSSR count). The Balaban J connectivity index is 1.76. The Morgan fingerprint density at radius 3 is 2.62 bits per heavy atom. The number of ether oxygens (including phenoxy) is 2. The van der Waals surface area contributed by atoms with Crippen molar-refractivity contribution < 1.29 is 23.9 Å². The number of rotatable bonds is 8. The molecule has 8 nitrogen and oxygen atoms in total. The summed E-state index contributed by atoms with van der Waals surface area (Å²) in [7, 11) is 1.44. The van der Waals surface area contributed by atoms with E-state index in [0.29, 0.717) is 5.75 Å². The van der Waals surface area contributed by atoms with Crippen molar-refractivity contribution >= 4 is 17.8 Å². The molecule has 8 heteroatoms. The van der Waals surface area contributed by atoms with Crippen LogP contribution in [0.4, 0.5) is 0 Å². The van der Waals surface area contributed by atoms with Crippen LogP contribution in [0.25, 0.3) is 0 Å². The molecule has 0 heterocycles. The van der Waals surface area contributed by atoms with Crippen molar-refractivity contribution in [2.75, 3.05) is 20.3 Å². The molecule has 0 spiro atoms. The van der Waals surface area contributed by atoms with Gasteiger partial charge in [-0.15, -0.1) is 0 Å². The number of nitrogens with one attached hydrogen (secondary N) is 2. The predicted octanol–water partition coefficient (Wildman–Crippen LogP) is 0.777. The van der Waals surface area contributed by atoms with E-state index in [2.05, 4.69) is 16.7 Å². The summed E-state index contributed by atoms with van der Waals surface area (Å²) in [6, 6.07) is 8.67. The van der Waals surface area contributed by atoms with Crippen molar-refractivity contribution in [1.82, 2.24) is 10.6 Å². The van der Waals surface area contributed by atoms with E-state index in [1.165, 1.54) is 7.11 Å². The standard InChI is InChI=1S/C18H21N3O5/c1-18(11-19,12-7-8-12)21-15(22)10-26-16(23)9-20-17(24)13-5-3-4-6-14(13)25-2/h3-6,12H,7-10H2,1-2H3,(H,20,24)(H,21,22)/t18-/m1/s1. The lowest BCUT2D eigenvalue weighted by Gasteiger charge is -2.22. The van der Waals surface area contributed by atoms with Crippen LogP contribution in [0, 0.1) is 17.2 Å². The molecule has 1 atom stereocenters. The lowest BCUT2D eigenvalue weighted by atomic mass is 9.98. The lowest BCUT2D eigenvalue weighted by Crippen LogP contribution is -2.48. The largest absolute Gasteiger partial charge is 0.496 e. The third-order valence-electron chi connectivity index (χ3n) is 4.13. The van der Waals surface area contributed by atoms with E-state index in [4.69, 9.17) is 9.47 Å². The van der Waals surface area contributed by atoms with Gasteiger partial charge in [-0.3, -0.25) is 14.4 Å².